The first-order valence-electron chi connectivity index (χ1n) is 13.8. The van der Waals surface area contributed by atoms with Crippen LogP contribution in [-0.4, -0.2) is 46.9 Å². The van der Waals surface area contributed by atoms with Gasteiger partial charge in [0.2, 0.25) is 5.89 Å². The quantitative estimate of drug-likeness (QED) is 0.135. The summed E-state index contributed by atoms with van der Waals surface area (Å²) in [5, 5.41) is 13.8. The van der Waals surface area contributed by atoms with Gasteiger partial charge in [0.25, 0.3) is 5.91 Å². The maximum absolute atomic E-state index is 14.1. The summed E-state index contributed by atoms with van der Waals surface area (Å²) in [7, 11) is 0. The van der Waals surface area contributed by atoms with Gasteiger partial charge in [0, 0.05) is 30.2 Å². The van der Waals surface area contributed by atoms with E-state index < -0.39 is 47.9 Å². The highest BCUT2D eigenvalue weighted by Crippen LogP contribution is 2.35. The molecule has 1 heterocycles. The molecule has 0 aliphatic rings. The number of aliphatic carboxylic acids is 1. The van der Waals surface area contributed by atoms with Gasteiger partial charge in [0.05, 0.1) is 12.6 Å². The number of alkyl halides is 2. The minimum Gasteiger partial charge on any atom is -0.490 e. The number of hydrogen-bond donors (Lipinski definition) is 3. The minimum absolute atomic E-state index is 0.00490. The predicted molar refractivity (Wildman–Crippen MR) is 151 cm³/mol. The lowest BCUT2D eigenvalue weighted by Gasteiger charge is -2.21. The molecule has 0 aliphatic heterocycles. The van der Waals surface area contributed by atoms with Gasteiger partial charge in [-0.1, -0.05) is 6.07 Å². The number of hydrogen-bond acceptors (Lipinski definition) is 8. The van der Waals surface area contributed by atoms with Gasteiger partial charge in [-0.15, -0.1) is 0 Å². The van der Waals surface area contributed by atoms with Gasteiger partial charge in [-0.2, -0.15) is 8.78 Å². The summed E-state index contributed by atoms with van der Waals surface area (Å²) in [4.78, 5) is 40.7. The molecule has 0 aliphatic carbocycles. The topological polar surface area (TPSA) is 149 Å². The van der Waals surface area contributed by atoms with E-state index in [-0.39, 0.29) is 66.0 Å². The molecular formula is C30H33F4N3O8. The largest absolute Gasteiger partial charge is 0.490 e. The normalized spacial score (nSPS) is 12.0. The van der Waals surface area contributed by atoms with Gasteiger partial charge >= 0.3 is 18.7 Å². The number of halogens is 4. The summed E-state index contributed by atoms with van der Waals surface area (Å²) in [5.41, 5.74) is -0.955. The van der Waals surface area contributed by atoms with Crippen molar-refractivity contribution in [2.24, 2.45) is 0 Å². The molecule has 0 saturated heterocycles. The number of rotatable bonds is 14. The first kappa shape index (κ1) is 34.7. The van der Waals surface area contributed by atoms with E-state index in [1.165, 1.54) is 31.2 Å². The molecular weight excluding hydrogens is 606 g/mol. The van der Waals surface area contributed by atoms with Gasteiger partial charge in [0.1, 0.15) is 17.2 Å². The Morgan fingerprint density at radius 2 is 1.78 bits per heavy atom. The number of nitrogens with one attached hydrogen (secondary N) is 2. The monoisotopic (exact) mass is 639 g/mol. The summed E-state index contributed by atoms with van der Waals surface area (Å²) in [6.45, 7) is 2.95. The molecule has 3 rings (SSSR count). The molecule has 0 saturated carbocycles. The number of alkyl carbamates (subject to hydrolysis) is 1. The number of aromatic nitrogens is 1. The predicted octanol–water partition coefficient (Wildman–Crippen LogP) is 6.37. The van der Waals surface area contributed by atoms with Crippen LogP contribution in [-0.2, 0) is 16.1 Å². The summed E-state index contributed by atoms with van der Waals surface area (Å²) in [5.74, 6) is -4.19. The lowest BCUT2D eigenvalue weighted by molar-refractivity contribution is -0.137. The average Bonchev–Trinajstić information content (AvgIpc) is 3.37. The Balaban J connectivity index is 1.94. The van der Waals surface area contributed by atoms with Crippen molar-refractivity contribution in [3.05, 3.63) is 65.1 Å². The molecule has 0 spiro atoms. The van der Waals surface area contributed by atoms with Gasteiger partial charge in [-0.25, -0.2) is 18.6 Å². The zero-order valence-electron chi connectivity index (χ0n) is 24.9. The molecule has 0 bridgehead atoms. The lowest BCUT2D eigenvalue weighted by atomic mass is 10.1. The highest BCUT2D eigenvalue weighted by molar-refractivity contribution is 5.94. The Morgan fingerprint density at radius 3 is 2.42 bits per heavy atom. The molecule has 0 radical (unpaired) electrons. The molecule has 0 unspecified atom stereocenters. The van der Waals surface area contributed by atoms with E-state index in [1.54, 1.807) is 20.8 Å². The Kier molecular flexibility index (Phi) is 11.8. The molecule has 2 aromatic carbocycles. The maximum Gasteiger partial charge on any atom is 0.408 e. The number of oxazole rings is 1. The molecule has 3 N–H and O–H groups in total. The van der Waals surface area contributed by atoms with Gasteiger partial charge in [-0.05, 0) is 64.8 Å². The number of nitrogens with zero attached hydrogens (tertiary/aromatic N) is 1. The second-order valence-electron chi connectivity index (χ2n) is 10.8. The van der Waals surface area contributed by atoms with Crippen molar-refractivity contribution < 1.29 is 55.7 Å². The van der Waals surface area contributed by atoms with Crippen LogP contribution in [0.2, 0.25) is 0 Å². The van der Waals surface area contributed by atoms with Crippen molar-refractivity contribution in [3.63, 3.8) is 0 Å². The number of carbonyl (C=O) groups excluding carboxylic acids is 2. The molecule has 45 heavy (non-hydrogen) atoms. The van der Waals surface area contributed by atoms with Crippen LogP contribution in [0.3, 0.4) is 0 Å². The van der Waals surface area contributed by atoms with Crippen LogP contribution in [0.4, 0.5) is 22.4 Å². The fourth-order valence-electron chi connectivity index (χ4n) is 3.89. The van der Waals surface area contributed by atoms with Gasteiger partial charge in [0.15, 0.2) is 23.0 Å². The Morgan fingerprint density at radius 1 is 1.04 bits per heavy atom. The second kappa shape index (κ2) is 15.3. The molecule has 1 aromatic heterocycles. The maximum atomic E-state index is 14.1. The minimum atomic E-state index is -3.17. The summed E-state index contributed by atoms with van der Waals surface area (Å²) < 4.78 is 74.8. The van der Waals surface area contributed by atoms with Crippen molar-refractivity contribution >= 4 is 18.0 Å². The van der Waals surface area contributed by atoms with E-state index in [9.17, 15) is 31.9 Å². The van der Waals surface area contributed by atoms with Crippen LogP contribution in [0.25, 0.3) is 11.5 Å². The van der Waals surface area contributed by atoms with E-state index in [2.05, 4.69) is 20.4 Å². The molecule has 2 amide bonds. The Bertz CT molecular complexity index is 1510. The third kappa shape index (κ3) is 10.7. The number of unbranched alkanes of at least 4 members (excludes halogenated alkanes) is 1. The smallest absolute Gasteiger partial charge is 0.408 e. The van der Waals surface area contributed by atoms with E-state index in [0.717, 1.165) is 6.07 Å². The van der Waals surface area contributed by atoms with Crippen molar-refractivity contribution in [1.29, 1.82) is 0 Å². The third-order valence-electron chi connectivity index (χ3n) is 5.90. The summed E-state index contributed by atoms with van der Waals surface area (Å²) in [6, 6.07) is 5.68. The van der Waals surface area contributed by atoms with Crippen LogP contribution in [0, 0.1) is 11.6 Å². The highest BCUT2D eigenvalue weighted by Gasteiger charge is 2.28. The van der Waals surface area contributed by atoms with E-state index in [0.29, 0.717) is 12.5 Å². The molecule has 0 fully saturated rings. The second-order valence-corrected chi connectivity index (χ2v) is 10.8. The zero-order chi connectivity index (χ0) is 33.3. The summed E-state index contributed by atoms with van der Waals surface area (Å²) in [6.07, 6.45) is -0.330. The van der Waals surface area contributed by atoms with Gasteiger partial charge < -0.3 is 34.4 Å². The van der Waals surface area contributed by atoms with Gasteiger partial charge in [-0.3, -0.25) is 9.59 Å². The first-order valence-corrected chi connectivity index (χ1v) is 13.8. The number of carboxylic acids is 1. The highest BCUT2D eigenvalue weighted by atomic mass is 19.3. The van der Waals surface area contributed by atoms with Crippen LogP contribution in [0.15, 0.2) is 40.8 Å². The number of ether oxygens (including phenoxy) is 3. The number of carboxylic acid groups (broad SMARTS) is 1. The lowest BCUT2D eigenvalue weighted by Crippen LogP contribution is -2.34. The molecule has 1 atom stereocenters. The van der Waals surface area contributed by atoms with Crippen LogP contribution in [0.1, 0.15) is 74.8 Å². The molecule has 15 heteroatoms. The fourth-order valence-corrected chi connectivity index (χ4v) is 3.89. The van der Waals surface area contributed by atoms with Crippen LogP contribution >= 0.6 is 0 Å². The van der Waals surface area contributed by atoms with Crippen LogP contribution < -0.4 is 20.1 Å². The van der Waals surface area contributed by atoms with Crippen molar-refractivity contribution in [2.45, 2.75) is 71.8 Å². The Labute approximate surface area is 255 Å². The van der Waals surface area contributed by atoms with E-state index in [4.69, 9.17) is 19.0 Å². The number of benzene rings is 2. The summed E-state index contributed by atoms with van der Waals surface area (Å²) >= 11 is 0. The van der Waals surface area contributed by atoms with Crippen LogP contribution in [0.5, 0.6) is 11.5 Å². The standard InChI is InChI=1S/C30H33F4N3O8/c1-16(36-29(41)45-30(2,3)4)25-24(26(40)35-15-18-8-10-19(31)14-20(18)32)37-27(44-25)17-9-11-21(43-28(33)34)22(13-17)42-12-6-5-7-23(38)39/h8-11,13-14,16,28H,5-7,12,15H2,1-4H3,(H,35,40)(H,36,41)(H,38,39)/t16-/m0/s1. The molecule has 244 valence electrons. The van der Waals surface area contributed by atoms with Crippen molar-refractivity contribution in [2.75, 3.05) is 6.61 Å². The number of carbonyl (C=O) groups is 3. The Hall–Kier alpha value is -4.82. The SMILES string of the molecule is C[C@H](NC(=O)OC(C)(C)C)c1oc(-c2ccc(OC(F)F)c(OCCCCC(=O)O)c2)nc1C(=O)NCc1ccc(F)cc1F. The zero-order valence-corrected chi connectivity index (χ0v) is 24.9. The number of amides is 2. The van der Waals surface area contributed by atoms with E-state index in [1.807, 2.05) is 0 Å². The van der Waals surface area contributed by atoms with Crippen molar-refractivity contribution in [3.8, 4) is 23.0 Å². The first-order chi connectivity index (χ1) is 21.1. The third-order valence-corrected chi connectivity index (χ3v) is 5.90. The fraction of sp³-hybridized carbons (Fsp3) is 0.400. The average molecular weight is 640 g/mol. The molecule has 3 aromatic rings. The van der Waals surface area contributed by atoms with E-state index >= 15 is 0 Å². The van der Waals surface area contributed by atoms with Crippen molar-refractivity contribution in [1.82, 2.24) is 15.6 Å². The molecule has 11 nitrogen and oxygen atoms in total.